The molecule has 0 aliphatic heterocycles. The molecule has 0 amide bonds. The van der Waals surface area contributed by atoms with Crippen molar-refractivity contribution in [2.24, 2.45) is 0 Å². The van der Waals surface area contributed by atoms with E-state index >= 15 is 0 Å². The molecule has 2 aromatic rings. The number of benzene rings is 2. The van der Waals surface area contributed by atoms with E-state index in [9.17, 15) is 0 Å². The van der Waals surface area contributed by atoms with E-state index in [2.05, 4.69) is 30.3 Å². The first-order valence-electron chi connectivity index (χ1n) is 13.7. The molecule has 0 aromatic heterocycles. The van der Waals surface area contributed by atoms with Gasteiger partial charge in [0.1, 0.15) is 0 Å². The van der Waals surface area contributed by atoms with E-state index < -0.39 is 0 Å². The van der Waals surface area contributed by atoms with Gasteiger partial charge in [0.2, 0.25) is 0 Å². The maximum Gasteiger partial charge on any atom is -0.00105 e. The van der Waals surface area contributed by atoms with Crippen LogP contribution in [0.15, 0.2) is 30.3 Å². The Labute approximate surface area is 189 Å². The molecule has 164 valence electrons. The number of hydrogen-bond acceptors (Lipinski definition) is 0. The molecule has 6 rings (SSSR count). The molecular weight excluding hydrogens is 372 g/mol. The third-order valence-electron chi connectivity index (χ3n) is 9.30. The van der Waals surface area contributed by atoms with Crippen LogP contribution in [0.3, 0.4) is 0 Å². The summed E-state index contributed by atoms with van der Waals surface area (Å²) in [6.07, 6.45) is 22.9. The van der Waals surface area contributed by atoms with Gasteiger partial charge < -0.3 is 0 Å². The molecular formula is C31H40. The lowest BCUT2D eigenvalue weighted by Gasteiger charge is -2.36. The van der Waals surface area contributed by atoms with Crippen LogP contribution in [0.25, 0.3) is 11.1 Å². The average Bonchev–Trinajstić information content (AvgIpc) is 3.23. The number of fused-ring (bicyclic) bond motifs is 3. The van der Waals surface area contributed by atoms with Crippen molar-refractivity contribution in [1.82, 2.24) is 0 Å². The van der Waals surface area contributed by atoms with Crippen molar-refractivity contribution < 1.29 is 0 Å². The summed E-state index contributed by atoms with van der Waals surface area (Å²) >= 11 is 0. The smallest absolute Gasteiger partial charge is 0.00105 e. The van der Waals surface area contributed by atoms with E-state index in [4.69, 9.17) is 0 Å². The zero-order chi connectivity index (χ0) is 20.6. The van der Waals surface area contributed by atoms with Gasteiger partial charge in [-0.25, -0.2) is 0 Å². The van der Waals surface area contributed by atoms with Gasteiger partial charge in [-0.3, -0.25) is 0 Å². The lowest BCUT2D eigenvalue weighted by molar-refractivity contribution is 0.403. The van der Waals surface area contributed by atoms with Gasteiger partial charge in [0, 0.05) is 0 Å². The molecule has 3 saturated carbocycles. The molecule has 0 bridgehead atoms. The van der Waals surface area contributed by atoms with E-state index in [0.29, 0.717) is 0 Å². The maximum atomic E-state index is 2.74. The fourth-order valence-electron chi connectivity index (χ4n) is 7.80. The third kappa shape index (κ3) is 3.69. The lowest BCUT2D eigenvalue weighted by atomic mass is 9.69. The minimum absolute atomic E-state index is 0.825. The predicted molar refractivity (Wildman–Crippen MR) is 132 cm³/mol. The predicted octanol–water partition coefficient (Wildman–Crippen LogP) is 9.40. The normalized spacial score (nSPS) is 23.0. The zero-order valence-corrected chi connectivity index (χ0v) is 19.4. The molecule has 0 spiro atoms. The minimum atomic E-state index is 0.825. The fourth-order valence-corrected chi connectivity index (χ4v) is 7.80. The molecule has 0 nitrogen and oxygen atoms in total. The Hall–Kier alpha value is -1.56. The topological polar surface area (TPSA) is 0 Å². The van der Waals surface area contributed by atoms with Crippen LogP contribution in [0.1, 0.15) is 142 Å². The first-order valence-corrected chi connectivity index (χ1v) is 13.7. The largest absolute Gasteiger partial charge is 0.0619 e. The monoisotopic (exact) mass is 412 g/mol. The fraction of sp³-hybridized carbons (Fsp3) is 0.613. The van der Waals surface area contributed by atoms with Gasteiger partial charge in [-0.1, -0.05) is 88.1 Å². The molecule has 3 fully saturated rings. The van der Waals surface area contributed by atoms with Crippen molar-refractivity contribution in [1.29, 1.82) is 0 Å². The van der Waals surface area contributed by atoms with Crippen LogP contribution in [0.4, 0.5) is 0 Å². The van der Waals surface area contributed by atoms with Crippen molar-refractivity contribution in [3.8, 4) is 11.1 Å². The molecule has 4 aliphatic rings. The second-order valence-electron chi connectivity index (χ2n) is 11.2. The van der Waals surface area contributed by atoms with E-state index in [1.165, 1.54) is 103 Å². The second kappa shape index (κ2) is 8.76. The SMILES string of the molecule is c1ccc2c(c1)Cc1c-2cc(C2CCCCC2)c(C2CCCCC2)c1C1CCCCC1. The molecule has 0 atom stereocenters. The Balaban J connectivity index is 1.57. The van der Waals surface area contributed by atoms with Crippen molar-refractivity contribution in [2.75, 3.05) is 0 Å². The summed E-state index contributed by atoms with van der Waals surface area (Å²) in [6.45, 7) is 0. The summed E-state index contributed by atoms with van der Waals surface area (Å²) < 4.78 is 0. The number of rotatable bonds is 3. The van der Waals surface area contributed by atoms with Gasteiger partial charge in [0.15, 0.2) is 0 Å². The number of hydrogen-bond donors (Lipinski definition) is 0. The summed E-state index contributed by atoms with van der Waals surface area (Å²) in [6, 6.07) is 12.1. The van der Waals surface area contributed by atoms with Crippen LogP contribution in [-0.2, 0) is 6.42 Å². The Kier molecular flexibility index (Phi) is 5.67. The highest BCUT2D eigenvalue weighted by Gasteiger charge is 2.34. The summed E-state index contributed by atoms with van der Waals surface area (Å²) in [4.78, 5) is 0. The molecule has 0 radical (unpaired) electrons. The molecule has 0 heterocycles. The summed E-state index contributed by atoms with van der Waals surface area (Å²) in [5, 5.41) is 0. The van der Waals surface area contributed by atoms with Gasteiger partial charge in [-0.2, -0.15) is 0 Å². The van der Waals surface area contributed by atoms with Gasteiger partial charge >= 0.3 is 0 Å². The Morgan fingerprint density at radius 1 is 0.516 bits per heavy atom. The quantitative estimate of drug-likeness (QED) is 0.402. The van der Waals surface area contributed by atoms with Gasteiger partial charge in [-0.05, 0) is 102 Å². The highest BCUT2D eigenvalue weighted by atomic mass is 14.4. The molecule has 0 heteroatoms. The van der Waals surface area contributed by atoms with Crippen LogP contribution in [0, 0.1) is 0 Å². The maximum absolute atomic E-state index is 2.74. The lowest BCUT2D eigenvalue weighted by Crippen LogP contribution is -2.19. The molecule has 31 heavy (non-hydrogen) atoms. The average molecular weight is 413 g/mol. The second-order valence-corrected chi connectivity index (χ2v) is 11.2. The van der Waals surface area contributed by atoms with Crippen LogP contribution >= 0.6 is 0 Å². The van der Waals surface area contributed by atoms with E-state index in [-0.39, 0.29) is 0 Å². The van der Waals surface area contributed by atoms with Crippen molar-refractivity contribution in [3.63, 3.8) is 0 Å². The van der Waals surface area contributed by atoms with Gasteiger partial charge in [0.25, 0.3) is 0 Å². The van der Waals surface area contributed by atoms with Gasteiger partial charge in [0.05, 0.1) is 0 Å². The molecule has 4 aliphatic carbocycles. The van der Waals surface area contributed by atoms with Crippen LogP contribution in [0.5, 0.6) is 0 Å². The Morgan fingerprint density at radius 2 is 1.06 bits per heavy atom. The first-order chi connectivity index (χ1) is 15.4. The van der Waals surface area contributed by atoms with E-state index in [1.54, 1.807) is 22.3 Å². The summed E-state index contributed by atoms with van der Waals surface area (Å²) in [5.41, 5.74) is 12.2. The highest BCUT2D eigenvalue weighted by molar-refractivity contribution is 5.80. The van der Waals surface area contributed by atoms with Crippen molar-refractivity contribution in [3.05, 3.63) is 58.1 Å². The standard InChI is InChI=1S/C31H40/c1-4-12-22(13-5-1)27-21-28-26-19-11-10-18-25(26)20-29(28)31(24-16-8-3-9-17-24)30(27)23-14-6-2-7-15-23/h10-11,18-19,21-24H,1-9,12-17,20H2. The van der Waals surface area contributed by atoms with Gasteiger partial charge in [-0.15, -0.1) is 0 Å². The Bertz CT molecular complexity index is 917. The van der Waals surface area contributed by atoms with Crippen molar-refractivity contribution in [2.45, 2.75) is 120 Å². The van der Waals surface area contributed by atoms with E-state index in [1.807, 2.05) is 16.7 Å². The van der Waals surface area contributed by atoms with E-state index in [0.717, 1.165) is 17.8 Å². The molecule has 0 N–H and O–H groups in total. The van der Waals surface area contributed by atoms with Crippen molar-refractivity contribution >= 4 is 0 Å². The Morgan fingerprint density at radius 3 is 1.71 bits per heavy atom. The van der Waals surface area contributed by atoms with Crippen LogP contribution < -0.4 is 0 Å². The highest BCUT2D eigenvalue weighted by Crippen LogP contribution is 2.52. The first kappa shape index (κ1) is 20.1. The third-order valence-corrected chi connectivity index (χ3v) is 9.30. The molecule has 0 unspecified atom stereocenters. The minimum Gasteiger partial charge on any atom is -0.0619 e. The van der Waals surface area contributed by atoms with Crippen LogP contribution in [-0.4, -0.2) is 0 Å². The summed E-state index contributed by atoms with van der Waals surface area (Å²) in [5.74, 6) is 2.50. The zero-order valence-electron chi connectivity index (χ0n) is 19.4. The molecule has 2 aromatic carbocycles. The summed E-state index contributed by atoms with van der Waals surface area (Å²) in [7, 11) is 0. The van der Waals surface area contributed by atoms with Crippen LogP contribution in [0.2, 0.25) is 0 Å². The molecule has 0 saturated heterocycles.